The van der Waals surface area contributed by atoms with Crippen LogP contribution in [0.25, 0.3) is 0 Å². The molecule has 1 aliphatic rings. The molecule has 0 saturated carbocycles. The van der Waals surface area contributed by atoms with Crippen molar-refractivity contribution in [1.29, 1.82) is 0 Å². The summed E-state index contributed by atoms with van der Waals surface area (Å²) in [6, 6.07) is 0.551. The van der Waals surface area contributed by atoms with Gasteiger partial charge in [0.1, 0.15) is 0 Å². The van der Waals surface area contributed by atoms with Crippen LogP contribution in [0.4, 0.5) is 0 Å². The van der Waals surface area contributed by atoms with E-state index in [0.29, 0.717) is 11.5 Å². The highest BCUT2D eigenvalue weighted by molar-refractivity contribution is 4.85. The molecule has 1 heterocycles. The van der Waals surface area contributed by atoms with Gasteiger partial charge in [-0.15, -0.1) is 0 Å². The zero-order valence-electron chi connectivity index (χ0n) is 10.3. The first-order chi connectivity index (χ1) is 7.18. The molecule has 0 aromatic carbocycles. The predicted octanol–water partition coefficient (Wildman–Crippen LogP) is 1.82. The molecular formula is C12H25NO2. The van der Waals surface area contributed by atoms with Gasteiger partial charge in [-0.05, 0) is 19.8 Å². The molecule has 1 rings (SSSR count). The normalized spacial score (nSPS) is 26.4. The van der Waals surface area contributed by atoms with Crippen molar-refractivity contribution in [2.75, 3.05) is 33.0 Å². The van der Waals surface area contributed by atoms with E-state index in [4.69, 9.17) is 9.47 Å². The highest BCUT2D eigenvalue weighted by Crippen LogP contribution is 2.31. The lowest BCUT2D eigenvalue weighted by Crippen LogP contribution is -2.38. The van der Waals surface area contributed by atoms with Gasteiger partial charge in [0.2, 0.25) is 0 Å². The van der Waals surface area contributed by atoms with Crippen LogP contribution in [0.2, 0.25) is 0 Å². The topological polar surface area (TPSA) is 30.5 Å². The maximum Gasteiger partial charge on any atom is 0.0536 e. The van der Waals surface area contributed by atoms with Crippen molar-refractivity contribution in [3.63, 3.8) is 0 Å². The third kappa shape index (κ3) is 4.49. The Morgan fingerprint density at radius 3 is 2.80 bits per heavy atom. The Kier molecular flexibility index (Phi) is 5.58. The summed E-state index contributed by atoms with van der Waals surface area (Å²) in [5, 5.41) is 3.52. The van der Waals surface area contributed by atoms with Crippen LogP contribution in [-0.2, 0) is 9.47 Å². The Labute approximate surface area is 93.5 Å². The van der Waals surface area contributed by atoms with E-state index < -0.39 is 0 Å². The van der Waals surface area contributed by atoms with Crippen LogP contribution in [0.15, 0.2) is 0 Å². The number of ether oxygens (including phenoxy) is 2. The smallest absolute Gasteiger partial charge is 0.0536 e. The van der Waals surface area contributed by atoms with Crippen LogP contribution in [0.5, 0.6) is 0 Å². The Hall–Kier alpha value is -0.120. The molecular weight excluding hydrogens is 190 g/mol. The summed E-state index contributed by atoms with van der Waals surface area (Å²) in [4.78, 5) is 0. The van der Waals surface area contributed by atoms with Crippen molar-refractivity contribution in [1.82, 2.24) is 5.32 Å². The summed E-state index contributed by atoms with van der Waals surface area (Å²) in [7, 11) is 0. The van der Waals surface area contributed by atoms with Crippen molar-refractivity contribution in [3.05, 3.63) is 0 Å². The molecule has 3 nitrogen and oxygen atoms in total. The standard InChI is InChI=1S/C12H25NO2/c1-4-14-7-5-12(6-8-15-10-12)9-13-11(2)3/h11,13H,4-10H2,1-3H3. The Bertz CT molecular complexity index is 165. The SMILES string of the molecule is CCOCCC1(CNC(C)C)CCOC1. The van der Waals surface area contributed by atoms with Crippen LogP contribution in [0, 0.1) is 5.41 Å². The first kappa shape index (κ1) is 12.9. The third-order valence-electron chi connectivity index (χ3n) is 3.05. The summed E-state index contributed by atoms with van der Waals surface area (Å²) in [5.41, 5.74) is 0.319. The molecule has 90 valence electrons. The molecule has 0 spiro atoms. The average Bonchev–Trinajstić information content (AvgIpc) is 2.65. The van der Waals surface area contributed by atoms with Crippen LogP contribution in [0.1, 0.15) is 33.6 Å². The monoisotopic (exact) mass is 215 g/mol. The quantitative estimate of drug-likeness (QED) is 0.657. The first-order valence-corrected chi connectivity index (χ1v) is 6.07. The van der Waals surface area contributed by atoms with E-state index in [1.807, 2.05) is 6.92 Å². The second-order valence-corrected chi connectivity index (χ2v) is 4.79. The molecule has 0 aromatic rings. The summed E-state index contributed by atoms with van der Waals surface area (Å²) in [5.74, 6) is 0. The predicted molar refractivity (Wildman–Crippen MR) is 62.1 cm³/mol. The third-order valence-corrected chi connectivity index (χ3v) is 3.05. The van der Waals surface area contributed by atoms with Gasteiger partial charge in [-0.25, -0.2) is 0 Å². The molecule has 1 aliphatic heterocycles. The molecule has 1 fully saturated rings. The Balaban J connectivity index is 2.32. The van der Waals surface area contributed by atoms with Gasteiger partial charge < -0.3 is 14.8 Å². The highest BCUT2D eigenvalue weighted by atomic mass is 16.5. The van der Waals surface area contributed by atoms with Crippen LogP contribution in [0.3, 0.4) is 0 Å². The minimum atomic E-state index is 0.319. The summed E-state index contributed by atoms with van der Waals surface area (Å²) in [6.45, 7) is 10.9. The first-order valence-electron chi connectivity index (χ1n) is 6.07. The van der Waals surface area contributed by atoms with Crippen molar-refractivity contribution in [2.45, 2.75) is 39.7 Å². The molecule has 0 radical (unpaired) electrons. The maximum atomic E-state index is 5.53. The summed E-state index contributed by atoms with van der Waals surface area (Å²) < 4.78 is 11.0. The fourth-order valence-electron chi connectivity index (χ4n) is 1.93. The van der Waals surface area contributed by atoms with E-state index >= 15 is 0 Å². The molecule has 0 aliphatic carbocycles. The van der Waals surface area contributed by atoms with Gasteiger partial charge in [0.25, 0.3) is 0 Å². The fraction of sp³-hybridized carbons (Fsp3) is 1.00. The van der Waals surface area contributed by atoms with Gasteiger partial charge in [0.05, 0.1) is 6.61 Å². The van der Waals surface area contributed by atoms with E-state index in [0.717, 1.165) is 39.4 Å². The van der Waals surface area contributed by atoms with Crippen molar-refractivity contribution in [3.8, 4) is 0 Å². The molecule has 1 atom stereocenters. The average molecular weight is 215 g/mol. The van der Waals surface area contributed by atoms with Gasteiger partial charge in [-0.1, -0.05) is 13.8 Å². The fourth-order valence-corrected chi connectivity index (χ4v) is 1.93. The van der Waals surface area contributed by atoms with E-state index in [1.54, 1.807) is 0 Å². The van der Waals surface area contributed by atoms with Gasteiger partial charge in [-0.3, -0.25) is 0 Å². The lowest BCUT2D eigenvalue weighted by atomic mass is 9.84. The van der Waals surface area contributed by atoms with Crippen LogP contribution < -0.4 is 5.32 Å². The molecule has 0 bridgehead atoms. The maximum absolute atomic E-state index is 5.53. The zero-order valence-corrected chi connectivity index (χ0v) is 10.3. The largest absolute Gasteiger partial charge is 0.382 e. The number of rotatable bonds is 7. The minimum absolute atomic E-state index is 0.319. The van der Waals surface area contributed by atoms with Crippen molar-refractivity contribution >= 4 is 0 Å². The van der Waals surface area contributed by atoms with Crippen LogP contribution >= 0.6 is 0 Å². The molecule has 1 unspecified atom stereocenters. The van der Waals surface area contributed by atoms with Crippen molar-refractivity contribution < 1.29 is 9.47 Å². The van der Waals surface area contributed by atoms with Gasteiger partial charge in [-0.2, -0.15) is 0 Å². The Morgan fingerprint density at radius 2 is 2.27 bits per heavy atom. The van der Waals surface area contributed by atoms with Crippen LogP contribution in [-0.4, -0.2) is 39.0 Å². The van der Waals surface area contributed by atoms with E-state index in [-0.39, 0.29) is 0 Å². The molecule has 1 N–H and O–H groups in total. The molecule has 0 aromatic heterocycles. The molecule has 3 heteroatoms. The number of nitrogens with one attached hydrogen (secondary N) is 1. The second-order valence-electron chi connectivity index (χ2n) is 4.79. The number of hydrogen-bond donors (Lipinski definition) is 1. The minimum Gasteiger partial charge on any atom is -0.382 e. The lowest BCUT2D eigenvalue weighted by Gasteiger charge is -2.28. The van der Waals surface area contributed by atoms with Gasteiger partial charge >= 0.3 is 0 Å². The molecule has 15 heavy (non-hydrogen) atoms. The molecule has 1 saturated heterocycles. The van der Waals surface area contributed by atoms with Gasteiger partial charge in [0.15, 0.2) is 0 Å². The molecule has 0 amide bonds. The van der Waals surface area contributed by atoms with Crippen molar-refractivity contribution in [2.24, 2.45) is 5.41 Å². The zero-order chi connectivity index (χ0) is 11.1. The highest BCUT2D eigenvalue weighted by Gasteiger charge is 2.34. The number of hydrogen-bond acceptors (Lipinski definition) is 3. The lowest BCUT2D eigenvalue weighted by molar-refractivity contribution is 0.0857. The van der Waals surface area contributed by atoms with Gasteiger partial charge in [0, 0.05) is 37.8 Å². The van der Waals surface area contributed by atoms with E-state index in [2.05, 4.69) is 19.2 Å². The van der Waals surface area contributed by atoms with E-state index in [1.165, 1.54) is 6.42 Å². The van der Waals surface area contributed by atoms with E-state index in [9.17, 15) is 0 Å². The summed E-state index contributed by atoms with van der Waals surface area (Å²) in [6.07, 6.45) is 2.28. The second kappa shape index (κ2) is 6.46. The Morgan fingerprint density at radius 1 is 1.47 bits per heavy atom. The summed E-state index contributed by atoms with van der Waals surface area (Å²) >= 11 is 0.